The van der Waals surface area contributed by atoms with Crippen molar-refractivity contribution in [2.24, 2.45) is 0 Å². The molecule has 114 valence electrons. The van der Waals surface area contributed by atoms with Crippen LogP contribution in [0.2, 0.25) is 5.02 Å². The minimum absolute atomic E-state index is 0.0261. The van der Waals surface area contributed by atoms with Crippen LogP contribution in [0.15, 0.2) is 48.5 Å². The van der Waals surface area contributed by atoms with Crippen molar-refractivity contribution in [1.82, 2.24) is 0 Å². The number of nitrogens with one attached hydrogen (secondary N) is 1. The molecule has 0 spiro atoms. The number of carbonyl (C=O) groups is 1. The molecular formula is C18H19ClN2O. The molecule has 0 aromatic heterocycles. The van der Waals surface area contributed by atoms with E-state index in [0.717, 1.165) is 29.8 Å². The van der Waals surface area contributed by atoms with Crippen LogP contribution in [0.25, 0.3) is 0 Å². The highest BCUT2D eigenvalue weighted by atomic mass is 35.5. The summed E-state index contributed by atoms with van der Waals surface area (Å²) in [7, 11) is 3.98. The van der Waals surface area contributed by atoms with Crippen LogP contribution >= 0.6 is 11.6 Å². The standard InChI is InChI=1S/C18H19ClN2O/c1-21(2)14-9-7-13(8-10-14)20-17(22)18(11-12-18)15-5-3-4-6-16(15)19/h3-10H,11-12H2,1-2H3,(H,20,22). The Labute approximate surface area is 135 Å². The molecule has 1 amide bonds. The number of hydrogen-bond donors (Lipinski definition) is 1. The quantitative estimate of drug-likeness (QED) is 0.922. The van der Waals surface area contributed by atoms with Gasteiger partial charge in [0.15, 0.2) is 0 Å². The summed E-state index contributed by atoms with van der Waals surface area (Å²) in [6, 6.07) is 15.4. The van der Waals surface area contributed by atoms with E-state index in [1.54, 1.807) is 0 Å². The summed E-state index contributed by atoms with van der Waals surface area (Å²) < 4.78 is 0. The molecule has 2 aromatic rings. The molecule has 1 aliphatic carbocycles. The van der Waals surface area contributed by atoms with Gasteiger partial charge in [0.1, 0.15) is 0 Å². The Hall–Kier alpha value is -2.00. The zero-order valence-electron chi connectivity index (χ0n) is 12.8. The van der Waals surface area contributed by atoms with E-state index in [1.807, 2.05) is 67.5 Å². The first-order valence-corrected chi connectivity index (χ1v) is 7.74. The lowest BCUT2D eigenvalue weighted by Crippen LogP contribution is -2.28. The highest BCUT2D eigenvalue weighted by Crippen LogP contribution is 2.51. The van der Waals surface area contributed by atoms with Gasteiger partial charge in [-0.05, 0) is 48.7 Å². The van der Waals surface area contributed by atoms with E-state index in [1.165, 1.54) is 0 Å². The molecule has 0 aliphatic heterocycles. The molecule has 4 heteroatoms. The van der Waals surface area contributed by atoms with Gasteiger partial charge in [0.05, 0.1) is 5.41 Å². The Balaban J connectivity index is 1.79. The maximum atomic E-state index is 12.7. The van der Waals surface area contributed by atoms with Crippen molar-refractivity contribution in [2.75, 3.05) is 24.3 Å². The molecule has 22 heavy (non-hydrogen) atoms. The molecule has 1 saturated carbocycles. The highest BCUT2D eigenvalue weighted by Gasteiger charge is 2.52. The molecule has 3 rings (SSSR count). The van der Waals surface area contributed by atoms with Crippen molar-refractivity contribution in [3.63, 3.8) is 0 Å². The average Bonchev–Trinajstić information content (AvgIpc) is 3.30. The van der Waals surface area contributed by atoms with Crippen molar-refractivity contribution >= 4 is 28.9 Å². The molecule has 3 nitrogen and oxygen atoms in total. The third-order valence-corrected chi connectivity index (χ3v) is 4.55. The Morgan fingerprint density at radius 3 is 2.27 bits per heavy atom. The third kappa shape index (κ3) is 2.69. The van der Waals surface area contributed by atoms with Gasteiger partial charge >= 0.3 is 0 Å². The lowest BCUT2D eigenvalue weighted by atomic mass is 9.95. The summed E-state index contributed by atoms with van der Waals surface area (Å²) in [5, 5.41) is 3.69. The lowest BCUT2D eigenvalue weighted by Gasteiger charge is -2.18. The van der Waals surface area contributed by atoms with E-state index >= 15 is 0 Å². The van der Waals surface area contributed by atoms with Gasteiger partial charge in [0.2, 0.25) is 5.91 Å². The van der Waals surface area contributed by atoms with Gasteiger partial charge in [-0.3, -0.25) is 4.79 Å². The zero-order chi connectivity index (χ0) is 15.7. The fraction of sp³-hybridized carbons (Fsp3) is 0.278. The van der Waals surface area contributed by atoms with Crippen molar-refractivity contribution in [3.8, 4) is 0 Å². The Kier molecular flexibility index (Phi) is 3.83. The number of anilines is 2. The van der Waals surface area contributed by atoms with Gasteiger partial charge in [-0.15, -0.1) is 0 Å². The van der Waals surface area contributed by atoms with Crippen LogP contribution in [-0.2, 0) is 10.2 Å². The predicted molar refractivity (Wildman–Crippen MR) is 91.8 cm³/mol. The van der Waals surface area contributed by atoms with Crippen LogP contribution in [0, 0.1) is 0 Å². The van der Waals surface area contributed by atoms with Gasteiger partial charge in [0, 0.05) is 30.5 Å². The first kappa shape index (κ1) is 14.9. The van der Waals surface area contributed by atoms with Crippen molar-refractivity contribution < 1.29 is 4.79 Å². The van der Waals surface area contributed by atoms with Crippen LogP contribution in [0.3, 0.4) is 0 Å². The second-order valence-corrected chi connectivity index (χ2v) is 6.36. The summed E-state index contributed by atoms with van der Waals surface area (Å²) in [6.45, 7) is 0. The molecule has 1 N–H and O–H groups in total. The molecule has 0 unspecified atom stereocenters. The number of nitrogens with zero attached hydrogens (tertiary/aromatic N) is 1. The fourth-order valence-corrected chi connectivity index (χ4v) is 3.00. The van der Waals surface area contributed by atoms with E-state index in [0.29, 0.717) is 5.02 Å². The molecule has 0 heterocycles. The molecular weight excluding hydrogens is 296 g/mol. The molecule has 0 bridgehead atoms. The SMILES string of the molecule is CN(C)c1ccc(NC(=O)C2(c3ccccc3Cl)CC2)cc1. The van der Waals surface area contributed by atoms with E-state index in [9.17, 15) is 4.79 Å². The van der Waals surface area contributed by atoms with Gasteiger partial charge in [0.25, 0.3) is 0 Å². The smallest absolute Gasteiger partial charge is 0.235 e. The van der Waals surface area contributed by atoms with Crippen LogP contribution in [0.4, 0.5) is 11.4 Å². The number of amides is 1. The van der Waals surface area contributed by atoms with Gasteiger partial charge in [-0.1, -0.05) is 29.8 Å². The first-order valence-electron chi connectivity index (χ1n) is 7.37. The second-order valence-electron chi connectivity index (χ2n) is 5.96. The number of rotatable bonds is 4. The summed E-state index contributed by atoms with van der Waals surface area (Å²) in [4.78, 5) is 14.7. The number of hydrogen-bond acceptors (Lipinski definition) is 2. The minimum Gasteiger partial charge on any atom is -0.378 e. The molecule has 0 saturated heterocycles. The van der Waals surface area contributed by atoms with Crippen LogP contribution < -0.4 is 10.2 Å². The average molecular weight is 315 g/mol. The minimum atomic E-state index is -0.460. The topological polar surface area (TPSA) is 32.3 Å². The van der Waals surface area contributed by atoms with Gasteiger partial charge < -0.3 is 10.2 Å². The summed E-state index contributed by atoms with van der Waals surface area (Å²) in [5.74, 6) is 0.0261. The molecule has 1 fully saturated rings. The maximum Gasteiger partial charge on any atom is 0.235 e. The van der Waals surface area contributed by atoms with Crippen LogP contribution in [-0.4, -0.2) is 20.0 Å². The number of halogens is 1. The summed E-state index contributed by atoms with van der Waals surface area (Å²) in [5.41, 5.74) is 2.39. The van der Waals surface area contributed by atoms with E-state index in [-0.39, 0.29) is 5.91 Å². The van der Waals surface area contributed by atoms with E-state index in [4.69, 9.17) is 11.6 Å². The lowest BCUT2D eigenvalue weighted by molar-refractivity contribution is -0.118. The maximum absolute atomic E-state index is 12.7. The van der Waals surface area contributed by atoms with Gasteiger partial charge in [-0.2, -0.15) is 0 Å². The Morgan fingerprint density at radius 2 is 1.73 bits per heavy atom. The number of benzene rings is 2. The van der Waals surface area contributed by atoms with E-state index in [2.05, 4.69) is 5.32 Å². The first-order chi connectivity index (χ1) is 10.5. The second kappa shape index (κ2) is 5.65. The Morgan fingerprint density at radius 1 is 1.09 bits per heavy atom. The summed E-state index contributed by atoms with van der Waals surface area (Å²) >= 11 is 6.27. The monoisotopic (exact) mass is 314 g/mol. The largest absolute Gasteiger partial charge is 0.378 e. The predicted octanol–water partition coefficient (Wildman–Crippen LogP) is 4.08. The summed E-state index contributed by atoms with van der Waals surface area (Å²) in [6.07, 6.45) is 1.69. The zero-order valence-corrected chi connectivity index (χ0v) is 13.5. The van der Waals surface area contributed by atoms with Crippen molar-refractivity contribution in [3.05, 3.63) is 59.1 Å². The fourth-order valence-electron chi connectivity index (χ4n) is 2.69. The van der Waals surface area contributed by atoms with E-state index < -0.39 is 5.41 Å². The molecule has 0 atom stereocenters. The van der Waals surface area contributed by atoms with Gasteiger partial charge in [-0.25, -0.2) is 0 Å². The number of carbonyl (C=O) groups excluding carboxylic acids is 1. The highest BCUT2D eigenvalue weighted by molar-refractivity contribution is 6.32. The molecule has 0 radical (unpaired) electrons. The third-order valence-electron chi connectivity index (χ3n) is 4.22. The van der Waals surface area contributed by atoms with Crippen LogP contribution in [0.5, 0.6) is 0 Å². The normalized spacial score (nSPS) is 15.2. The Bertz CT molecular complexity index is 690. The van der Waals surface area contributed by atoms with Crippen molar-refractivity contribution in [2.45, 2.75) is 18.3 Å². The molecule has 1 aliphatic rings. The molecule has 2 aromatic carbocycles. The van der Waals surface area contributed by atoms with Crippen molar-refractivity contribution in [1.29, 1.82) is 0 Å². The van der Waals surface area contributed by atoms with Crippen LogP contribution in [0.1, 0.15) is 18.4 Å².